The summed E-state index contributed by atoms with van der Waals surface area (Å²) in [4.78, 5) is 52.4. The van der Waals surface area contributed by atoms with Gasteiger partial charge >= 0.3 is 17.9 Å². The molecule has 74 heavy (non-hydrogen) atoms. The molecule has 3 unspecified atom stereocenters. The topological polar surface area (TPSA) is 242 Å². The summed E-state index contributed by atoms with van der Waals surface area (Å²) >= 11 is 0. The van der Waals surface area contributed by atoms with Crippen molar-refractivity contribution in [3.8, 4) is 0 Å². The number of nitrogens with two attached hydrogens (primary N) is 2. The molecule has 0 spiro atoms. The van der Waals surface area contributed by atoms with Gasteiger partial charge in [-0.2, -0.15) is 0 Å². The summed E-state index contributed by atoms with van der Waals surface area (Å²) in [6.07, 6.45) is 30.8. The van der Waals surface area contributed by atoms with E-state index in [1.807, 2.05) is 53.7 Å². The molecule has 0 radical (unpaired) electrons. The highest BCUT2D eigenvalue weighted by Crippen LogP contribution is 2.07. The van der Waals surface area contributed by atoms with Crippen molar-refractivity contribution in [2.24, 2.45) is 47.0 Å². The average Bonchev–Trinajstić information content (AvgIpc) is 3.39. The van der Waals surface area contributed by atoms with Gasteiger partial charge in [-0.15, -0.1) is 0 Å². The van der Waals surface area contributed by atoms with Crippen LogP contribution in [0, 0.1) is 35.5 Å². The van der Waals surface area contributed by atoms with Gasteiger partial charge < -0.3 is 42.5 Å². The number of carboxylic acids is 3. The van der Waals surface area contributed by atoms with Gasteiger partial charge in [0.15, 0.2) is 0 Å². The Morgan fingerprint density at radius 2 is 0.622 bits per heavy atom. The van der Waals surface area contributed by atoms with Crippen molar-refractivity contribution < 1.29 is 44.4 Å². The first-order chi connectivity index (χ1) is 34.8. The van der Waals surface area contributed by atoms with E-state index in [9.17, 15) is 24.0 Å². The molecule has 0 aliphatic heterocycles. The van der Waals surface area contributed by atoms with Crippen molar-refractivity contribution in [1.29, 1.82) is 0 Å². The Morgan fingerprint density at radius 1 is 0.365 bits per heavy atom. The highest BCUT2D eigenvalue weighted by atomic mass is 16.4. The van der Waals surface area contributed by atoms with E-state index in [0.29, 0.717) is 63.2 Å². The predicted molar refractivity (Wildman–Crippen MR) is 321 cm³/mol. The van der Waals surface area contributed by atoms with E-state index in [1.54, 1.807) is 12.2 Å². The quantitative estimate of drug-likeness (QED) is 0.0328. The third-order valence-corrected chi connectivity index (χ3v) is 11.6. The average molecular weight is 1060 g/mol. The number of hydrogen-bond acceptors (Lipinski definition) is 8. The largest absolute Gasteiger partial charge is 0.481 e. The summed E-state index contributed by atoms with van der Waals surface area (Å²) in [5.41, 5.74) is 10.2. The lowest BCUT2D eigenvalue weighted by atomic mass is 10.1. The Hall–Kier alpha value is -3.81. The molecular weight excluding hydrogens is 933 g/mol. The zero-order chi connectivity index (χ0) is 59.6. The van der Waals surface area contributed by atoms with Crippen molar-refractivity contribution in [3.05, 3.63) is 48.6 Å². The maximum absolute atomic E-state index is 11.2. The first kappa shape index (κ1) is 89.7. The second-order valence-corrected chi connectivity index (χ2v) is 18.8. The maximum Gasteiger partial charge on any atom is 0.307 e. The number of hydrogen-bond donors (Lipinski definition) is 8. The molecule has 0 heterocycles. The monoisotopic (exact) mass is 1060 g/mol. The minimum absolute atomic E-state index is 0.00122. The molecule has 0 rings (SSSR count). The predicted octanol–water partition coefficient (Wildman–Crippen LogP) is 15.0. The Balaban J connectivity index is -0.0000000941. The van der Waals surface area contributed by atoms with E-state index >= 15 is 0 Å². The molecule has 0 aromatic heterocycles. The van der Waals surface area contributed by atoms with Gasteiger partial charge in [-0.05, 0) is 61.2 Å². The molecule has 2 amide bonds. The van der Waals surface area contributed by atoms with Gasteiger partial charge in [0.1, 0.15) is 0 Å². The molecule has 444 valence electrons. The number of carbonyl (C=O) groups excluding carboxylic acids is 2. The first-order valence-corrected chi connectivity index (χ1v) is 28.7. The molecule has 13 nitrogen and oxygen atoms in total. The Kier molecular flexibility index (Phi) is 94.7. The molecule has 0 aliphatic rings. The van der Waals surface area contributed by atoms with Crippen LogP contribution in [0.1, 0.15) is 247 Å². The summed E-state index contributed by atoms with van der Waals surface area (Å²) in [5, 5.41) is 38.8. The van der Waals surface area contributed by atoms with E-state index < -0.39 is 17.9 Å². The number of rotatable bonds is 29. The van der Waals surface area contributed by atoms with Gasteiger partial charge in [0, 0.05) is 45.4 Å². The number of carboxylic acid groups (broad SMARTS) is 3. The zero-order valence-electron chi connectivity index (χ0n) is 51.7. The lowest BCUT2D eigenvalue weighted by molar-refractivity contribution is -0.138. The first-order valence-electron chi connectivity index (χ1n) is 28.7. The fourth-order valence-electron chi connectivity index (χ4n) is 4.07. The van der Waals surface area contributed by atoms with Crippen LogP contribution in [0.15, 0.2) is 48.6 Å². The van der Waals surface area contributed by atoms with Gasteiger partial charge in [-0.25, -0.2) is 0 Å². The van der Waals surface area contributed by atoms with Crippen LogP contribution >= 0.6 is 0 Å². The lowest BCUT2D eigenvalue weighted by Gasteiger charge is -2.07. The molecule has 0 aromatic rings. The van der Waals surface area contributed by atoms with Crippen LogP contribution in [-0.2, 0) is 24.0 Å². The number of amides is 2. The van der Waals surface area contributed by atoms with Crippen LogP contribution in [0.4, 0.5) is 0 Å². The standard InChI is InChI=1S/C11H19NO3.C11H21NO.C6H12O2.3C6H14.C5H9NO2.C5H11N.C5H12O/c1-3-9(2)8-10(13)12-7-5-4-6-11(14)15;1-4-6-7-8-12-11(13)9-10(3)5-2;1-3-5(2)4-6(7)8;3*1-4-6(3)5-2;6-4-2-1-3-5(7)8;1-2-3-4-5-6;1-3-5(6)4-2/h4-5,9H,3,6-8H2,1-2H3,(H,12,13)(H,14,15);6-7,10H,4-5,8-9H2,1-3H3,(H,12,13);5H,3-4H2,1-2H3,(H,7,8);3*6H,4-5H2,1-3H3;1-2H,3-4,6H2,(H,7,8);3-4H,2,5-6H2,1H3;5-6H,3-4H2,1-2H3/b5-4+;7-6+;;;;;2-1+;4-3+;. The number of aliphatic hydroxyl groups is 1. The van der Waals surface area contributed by atoms with E-state index in [4.69, 9.17) is 31.9 Å². The second-order valence-electron chi connectivity index (χ2n) is 18.8. The molecule has 0 bridgehead atoms. The highest BCUT2D eigenvalue weighted by molar-refractivity contribution is 5.76. The number of carbonyl (C=O) groups is 5. The minimum atomic E-state index is -0.864. The van der Waals surface area contributed by atoms with Crippen LogP contribution in [0.25, 0.3) is 0 Å². The number of aliphatic carboxylic acids is 3. The number of aliphatic hydroxyl groups excluding tert-OH is 1. The molecule has 0 aliphatic carbocycles. The third-order valence-electron chi connectivity index (χ3n) is 11.6. The number of allylic oxidation sites excluding steroid dienone is 2. The summed E-state index contributed by atoms with van der Waals surface area (Å²) in [6, 6.07) is 0. The van der Waals surface area contributed by atoms with Crippen LogP contribution in [-0.4, -0.2) is 82.4 Å². The van der Waals surface area contributed by atoms with Gasteiger partial charge in [0.25, 0.3) is 0 Å². The SMILES string of the molecule is CC/C=C/CN.CC/C=C/CNC(=O)CC(C)CC.CCC(C)CC.CCC(C)CC.CCC(C)CC.CCC(C)CC(=O)NC/C=C/CC(=O)O.CCC(C)CC(=O)O.CCC(O)CC.NC/C=C/CC(=O)O. The molecule has 0 saturated carbocycles. The van der Waals surface area contributed by atoms with Crippen LogP contribution in [0.2, 0.25) is 0 Å². The molecule has 0 saturated heterocycles. The maximum atomic E-state index is 11.2. The van der Waals surface area contributed by atoms with Crippen LogP contribution in [0.5, 0.6) is 0 Å². The van der Waals surface area contributed by atoms with E-state index in [2.05, 4.69) is 113 Å². The van der Waals surface area contributed by atoms with Gasteiger partial charge in [0.2, 0.25) is 11.8 Å². The van der Waals surface area contributed by atoms with Crippen molar-refractivity contribution >= 4 is 29.7 Å². The second kappa shape index (κ2) is 78.1. The molecule has 0 aromatic carbocycles. The summed E-state index contributed by atoms with van der Waals surface area (Å²) in [5.74, 6) is 1.82. The molecular formula is C61H126N4O9. The van der Waals surface area contributed by atoms with Gasteiger partial charge in [-0.1, -0.05) is 238 Å². The van der Waals surface area contributed by atoms with Crippen molar-refractivity contribution in [2.75, 3.05) is 26.2 Å². The van der Waals surface area contributed by atoms with Gasteiger partial charge in [-0.3, -0.25) is 24.0 Å². The Morgan fingerprint density at radius 3 is 0.811 bits per heavy atom. The van der Waals surface area contributed by atoms with Crippen molar-refractivity contribution in [2.45, 2.75) is 253 Å². The summed E-state index contributed by atoms with van der Waals surface area (Å²) < 4.78 is 0. The highest BCUT2D eigenvalue weighted by Gasteiger charge is 2.06. The molecule has 13 heteroatoms. The van der Waals surface area contributed by atoms with E-state index in [1.165, 1.54) is 50.7 Å². The van der Waals surface area contributed by atoms with Crippen molar-refractivity contribution in [1.82, 2.24) is 10.6 Å². The van der Waals surface area contributed by atoms with Crippen LogP contribution < -0.4 is 22.1 Å². The molecule has 0 fully saturated rings. The zero-order valence-corrected chi connectivity index (χ0v) is 51.7. The molecule has 3 atom stereocenters. The fourth-order valence-corrected chi connectivity index (χ4v) is 4.07. The fraction of sp³-hybridized carbons (Fsp3) is 0.787. The number of nitrogens with one attached hydrogen (secondary N) is 2. The van der Waals surface area contributed by atoms with Crippen molar-refractivity contribution in [3.63, 3.8) is 0 Å². The Labute approximate surface area is 458 Å². The smallest absolute Gasteiger partial charge is 0.307 e. The Bertz CT molecular complexity index is 1210. The normalized spacial score (nSPS) is 11.5. The summed E-state index contributed by atoms with van der Waals surface area (Å²) in [7, 11) is 0. The van der Waals surface area contributed by atoms with E-state index in [0.717, 1.165) is 62.7 Å². The summed E-state index contributed by atoms with van der Waals surface area (Å²) in [6.45, 7) is 42.7. The van der Waals surface area contributed by atoms with E-state index in [-0.39, 0.29) is 30.8 Å². The lowest BCUT2D eigenvalue weighted by Crippen LogP contribution is -2.24. The van der Waals surface area contributed by atoms with Crippen LogP contribution in [0.3, 0.4) is 0 Å². The van der Waals surface area contributed by atoms with Gasteiger partial charge in [0.05, 0.1) is 18.9 Å². The molecule has 10 N–H and O–H groups in total. The minimum Gasteiger partial charge on any atom is -0.481 e. The third kappa shape index (κ3) is 113.